The average molecular weight is 486 g/mol. The summed E-state index contributed by atoms with van der Waals surface area (Å²) in [6.07, 6.45) is 5.41. The summed E-state index contributed by atoms with van der Waals surface area (Å²) in [7, 11) is 3.13. The van der Waals surface area contributed by atoms with E-state index in [1.165, 1.54) is 12.1 Å². The van der Waals surface area contributed by atoms with Crippen LogP contribution in [0.5, 0.6) is 11.5 Å². The first-order valence-electron chi connectivity index (χ1n) is 11.7. The van der Waals surface area contributed by atoms with Crippen LogP contribution in [0, 0.1) is 10.1 Å². The fourth-order valence-corrected chi connectivity index (χ4v) is 4.58. The quantitative estimate of drug-likeness (QED) is 0.158. The smallest absolute Gasteiger partial charge is 0.277 e. The van der Waals surface area contributed by atoms with Crippen molar-refractivity contribution in [2.24, 2.45) is 0 Å². The summed E-state index contributed by atoms with van der Waals surface area (Å²) in [5.41, 5.74) is 2.60. The molecule has 0 spiro atoms. The van der Waals surface area contributed by atoms with Gasteiger partial charge in [-0.3, -0.25) is 19.7 Å². The SMILES string of the molecule is COc1ccc(C=CC(=O)c2cc([N+](=O)[O-])c(-c3ccc(OC)cc3)cc2C2CCCC(=O)C2)cc1. The third-order valence-electron chi connectivity index (χ3n) is 6.50. The highest BCUT2D eigenvalue weighted by atomic mass is 16.6. The van der Waals surface area contributed by atoms with Crippen LogP contribution in [0.25, 0.3) is 17.2 Å². The van der Waals surface area contributed by atoms with E-state index < -0.39 is 4.92 Å². The number of allylic oxidation sites excluding steroid dienone is 1. The van der Waals surface area contributed by atoms with Crippen molar-refractivity contribution in [2.75, 3.05) is 14.2 Å². The molecule has 0 radical (unpaired) electrons. The molecule has 184 valence electrons. The number of carbonyl (C=O) groups excluding carboxylic acids is 2. The minimum atomic E-state index is -0.473. The molecule has 1 atom stereocenters. The van der Waals surface area contributed by atoms with Gasteiger partial charge in [0.05, 0.1) is 24.7 Å². The van der Waals surface area contributed by atoms with Crippen LogP contribution in [0.15, 0.2) is 66.7 Å². The van der Waals surface area contributed by atoms with E-state index in [1.54, 1.807) is 62.8 Å². The van der Waals surface area contributed by atoms with Crippen molar-refractivity contribution in [3.05, 3.63) is 93.5 Å². The Hall–Kier alpha value is -4.26. The van der Waals surface area contributed by atoms with E-state index in [0.717, 1.165) is 18.4 Å². The zero-order valence-corrected chi connectivity index (χ0v) is 20.2. The third-order valence-corrected chi connectivity index (χ3v) is 6.50. The molecule has 7 heteroatoms. The van der Waals surface area contributed by atoms with Crippen LogP contribution < -0.4 is 9.47 Å². The number of carbonyl (C=O) groups is 2. The van der Waals surface area contributed by atoms with Crippen molar-refractivity contribution in [3.8, 4) is 22.6 Å². The second-order valence-corrected chi connectivity index (χ2v) is 8.74. The maximum Gasteiger partial charge on any atom is 0.277 e. The molecule has 0 amide bonds. The molecule has 36 heavy (non-hydrogen) atoms. The number of rotatable bonds is 8. The predicted molar refractivity (Wildman–Crippen MR) is 138 cm³/mol. The van der Waals surface area contributed by atoms with Crippen molar-refractivity contribution in [2.45, 2.75) is 31.6 Å². The molecule has 0 heterocycles. The van der Waals surface area contributed by atoms with E-state index in [0.29, 0.717) is 41.0 Å². The summed E-state index contributed by atoms with van der Waals surface area (Å²) in [4.78, 5) is 37.2. The monoisotopic (exact) mass is 485 g/mol. The van der Waals surface area contributed by atoms with Gasteiger partial charge in [0.25, 0.3) is 5.69 Å². The highest BCUT2D eigenvalue weighted by Gasteiger charge is 2.29. The highest BCUT2D eigenvalue weighted by Crippen LogP contribution is 2.40. The van der Waals surface area contributed by atoms with Gasteiger partial charge in [-0.25, -0.2) is 0 Å². The van der Waals surface area contributed by atoms with Crippen LogP contribution in [0.3, 0.4) is 0 Å². The van der Waals surface area contributed by atoms with Gasteiger partial charge in [-0.15, -0.1) is 0 Å². The normalized spacial score (nSPS) is 15.6. The fraction of sp³-hybridized carbons (Fsp3) is 0.241. The summed E-state index contributed by atoms with van der Waals surface area (Å²) in [6, 6.07) is 17.3. The molecule has 0 N–H and O–H groups in total. The van der Waals surface area contributed by atoms with Gasteiger partial charge in [0.1, 0.15) is 17.3 Å². The Labute approximate surface area is 209 Å². The predicted octanol–water partition coefficient (Wildman–Crippen LogP) is 6.40. The number of nitrogens with zero attached hydrogens (tertiary/aromatic N) is 1. The van der Waals surface area contributed by atoms with Gasteiger partial charge in [-0.05, 0) is 71.9 Å². The van der Waals surface area contributed by atoms with Crippen molar-refractivity contribution in [3.63, 3.8) is 0 Å². The molecule has 0 bridgehead atoms. The molecule has 1 unspecified atom stereocenters. The van der Waals surface area contributed by atoms with Gasteiger partial charge >= 0.3 is 0 Å². The van der Waals surface area contributed by atoms with Crippen LogP contribution in [-0.4, -0.2) is 30.7 Å². The van der Waals surface area contributed by atoms with E-state index in [1.807, 2.05) is 12.1 Å². The van der Waals surface area contributed by atoms with Gasteiger partial charge in [0.15, 0.2) is 5.78 Å². The first-order chi connectivity index (χ1) is 17.4. The molecule has 0 saturated heterocycles. The van der Waals surface area contributed by atoms with Crippen molar-refractivity contribution >= 4 is 23.3 Å². The van der Waals surface area contributed by atoms with Crippen molar-refractivity contribution in [1.29, 1.82) is 0 Å². The maximum absolute atomic E-state index is 13.4. The molecule has 3 aromatic carbocycles. The average Bonchev–Trinajstić information content (AvgIpc) is 2.91. The molecular formula is C29H27NO6. The van der Waals surface area contributed by atoms with E-state index >= 15 is 0 Å². The number of nitro groups is 1. The molecule has 7 nitrogen and oxygen atoms in total. The lowest BCUT2D eigenvalue weighted by Gasteiger charge is -2.24. The van der Waals surface area contributed by atoms with Crippen LogP contribution in [0.4, 0.5) is 5.69 Å². The van der Waals surface area contributed by atoms with E-state index in [9.17, 15) is 19.7 Å². The van der Waals surface area contributed by atoms with E-state index in [-0.39, 0.29) is 28.7 Å². The number of benzene rings is 3. The van der Waals surface area contributed by atoms with Crippen LogP contribution in [-0.2, 0) is 4.79 Å². The zero-order chi connectivity index (χ0) is 25.7. The number of hydrogen-bond acceptors (Lipinski definition) is 6. The first kappa shape index (κ1) is 24.9. The summed E-state index contributed by atoms with van der Waals surface area (Å²) >= 11 is 0. The topological polar surface area (TPSA) is 95.7 Å². The summed E-state index contributed by atoms with van der Waals surface area (Å²) < 4.78 is 10.4. The molecule has 0 aliphatic heterocycles. The first-order valence-corrected chi connectivity index (χ1v) is 11.7. The van der Waals surface area contributed by atoms with E-state index in [2.05, 4.69) is 0 Å². The molecule has 0 aromatic heterocycles. The van der Waals surface area contributed by atoms with Gasteiger partial charge in [-0.2, -0.15) is 0 Å². The number of ether oxygens (including phenoxy) is 2. The lowest BCUT2D eigenvalue weighted by atomic mass is 9.79. The van der Waals surface area contributed by atoms with Crippen LogP contribution in [0.2, 0.25) is 0 Å². The largest absolute Gasteiger partial charge is 0.497 e. The number of methoxy groups -OCH3 is 2. The van der Waals surface area contributed by atoms with Gasteiger partial charge in [-0.1, -0.05) is 30.3 Å². The lowest BCUT2D eigenvalue weighted by Crippen LogP contribution is -2.16. The molecule has 1 fully saturated rings. The Morgan fingerprint density at radius 3 is 2.22 bits per heavy atom. The number of Topliss-reactive ketones (excluding diaryl/α,β-unsaturated/α-hetero) is 1. The summed E-state index contributed by atoms with van der Waals surface area (Å²) in [5.74, 6) is 0.964. The second kappa shape index (κ2) is 11.0. The standard InChI is InChI=1S/C29H27NO6/c1-35-23-11-6-19(7-12-23)8-15-29(32)27-18-28(30(33)34)26(20-9-13-24(36-2)14-10-20)17-25(27)21-4-3-5-22(31)16-21/h6-15,17-18,21H,3-5,16H2,1-2H3. The molecular weight excluding hydrogens is 458 g/mol. The van der Waals surface area contributed by atoms with Crippen LogP contribution >= 0.6 is 0 Å². The minimum Gasteiger partial charge on any atom is -0.497 e. The number of ketones is 2. The second-order valence-electron chi connectivity index (χ2n) is 8.74. The Morgan fingerprint density at radius 1 is 1.00 bits per heavy atom. The lowest BCUT2D eigenvalue weighted by molar-refractivity contribution is -0.384. The molecule has 1 aliphatic rings. The Morgan fingerprint density at radius 2 is 1.64 bits per heavy atom. The van der Waals surface area contributed by atoms with E-state index in [4.69, 9.17) is 9.47 Å². The molecule has 1 aliphatic carbocycles. The van der Waals surface area contributed by atoms with Gasteiger partial charge in [0, 0.05) is 24.5 Å². The molecule has 3 aromatic rings. The Kier molecular flexibility index (Phi) is 7.59. The zero-order valence-electron chi connectivity index (χ0n) is 20.2. The van der Waals surface area contributed by atoms with Crippen molar-refractivity contribution < 1.29 is 24.0 Å². The number of hydrogen-bond donors (Lipinski definition) is 0. The van der Waals surface area contributed by atoms with Gasteiger partial charge in [0.2, 0.25) is 0 Å². The van der Waals surface area contributed by atoms with Crippen molar-refractivity contribution in [1.82, 2.24) is 0 Å². The maximum atomic E-state index is 13.4. The van der Waals surface area contributed by atoms with Crippen LogP contribution in [0.1, 0.15) is 53.1 Å². The van der Waals surface area contributed by atoms with Gasteiger partial charge < -0.3 is 9.47 Å². The number of nitro benzene ring substituents is 1. The molecule has 4 rings (SSSR count). The fourth-order valence-electron chi connectivity index (χ4n) is 4.58. The molecule has 1 saturated carbocycles. The summed E-state index contributed by atoms with van der Waals surface area (Å²) in [5, 5.41) is 12.1. The Balaban J connectivity index is 1.80. The highest BCUT2D eigenvalue weighted by molar-refractivity contribution is 6.09. The minimum absolute atomic E-state index is 0.141. The Bertz CT molecular complexity index is 1310. The third kappa shape index (κ3) is 5.51. The summed E-state index contributed by atoms with van der Waals surface area (Å²) in [6.45, 7) is 0.